The van der Waals surface area contributed by atoms with Crippen LogP contribution in [0, 0.1) is 0 Å². The van der Waals surface area contributed by atoms with Crippen molar-refractivity contribution in [3.8, 4) is 0 Å². The summed E-state index contributed by atoms with van der Waals surface area (Å²) in [5.41, 5.74) is 5.72. The zero-order valence-corrected chi connectivity index (χ0v) is 19.6. The molecule has 1 aromatic carbocycles. The summed E-state index contributed by atoms with van der Waals surface area (Å²) in [7, 11) is 0.0877. The zero-order valence-electron chi connectivity index (χ0n) is 17.1. The van der Waals surface area contributed by atoms with Gasteiger partial charge in [0.2, 0.25) is 0 Å². The molecule has 0 N–H and O–H groups in total. The molecule has 154 valence electrons. The van der Waals surface area contributed by atoms with Gasteiger partial charge in [0.25, 0.3) is 0 Å². The maximum atomic E-state index is 6.57. The summed E-state index contributed by atoms with van der Waals surface area (Å²) in [6.07, 6.45) is 22.7. The molecule has 0 aliphatic heterocycles. The van der Waals surface area contributed by atoms with Gasteiger partial charge in [-0.05, 0) is 67.9 Å². The molecule has 0 nitrogen and oxygen atoms in total. The van der Waals surface area contributed by atoms with E-state index < -0.39 is 0 Å². The summed E-state index contributed by atoms with van der Waals surface area (Å²) in [5, 5.41) is 1.42. The summed E-state index contributed by atoms with van der Waals surface area (Å²) in [4.78, 5) is 0. The molecule has 0 amide bonds. The van der Waals surface area contributed by atoms with Crippen LogP contribution < -0.4 is 0 Å². The second kappa shape index (κ2) is 10.3. The molecule has 3 saturated carbocycles. The van der Waals surface area contributed by atoms with E-state index in [2.05, 4.69) is 12.1 Å². The number of hydrogen-bond acceptors (Lipinski definition) is 0. The van der Waals surface area contributed by atoms with Crippen molar-refractivity contribution in [2.75, 3.05) is 0 Å². The molecule has 3 aliphatic rings. The van der Waals surface area contributed by atoms with Crippen molar-refractivity contribution in [3.63, 3.8) is 0 Å². The van der Waals surface area contributed by atoms with Gasteiger partial charge in [0.05, 0.1) is 10.0 Å². The number of hydrogen-bond donors (Lipinski definition) is 0. The van der Waals surface area contributed by atoms with Gasteiger partial charge in [-0.25, -0.2) is 0 Å². The second-order valence-corrected chi connectivity index (χ2v) is 12.9. The first-order valence-corrected chi connectivity index (χ1v) is 14.0. The van der Waals surface area contributed by atoms with Crippen LogP contribution in [0.15, 0.2) is 23.8 Å². The van der Waals surface area contributed by atoms with Crippen LogP contribution in [0.25, 0.3) is 6.08 Å². The third kappa shape index (κ3) is 4.99. The highest BCUT2D eigenvalue weighted by Gasteiger charge is 2.38. The lowest BCUT2D eigenvalue weighted by atomic mass is 9.92. The summed E-state index contributed by atoms with van der Waals surface area (Å²) in [6.45, 7) is 0. The predicted molar refractivity (Wildman–Crippen MR) is 127 cm³/mol. The minimum Gasteiger partial charge on any atom is -0.0930 e. The Balaban J connectivity index is 1.65. The fraction of sp³-hybridized carbons (Fsp3) is 0.680. The Kier molecular flexibility index (Phi) is 7.82. The van der Waals surface area contributed by atoms with Crippen LogP contribution in [-0.2, 0) is 0 Å². The van der Waals surface area contributed by atoms with Crippen LogP contribution in [0.5, 0.6) is 0 Å². The maximum absolute atomic E-state index is 6.57. The van der Waals surface area contributed by atoms with Gasteiger partial charge in [-0.15, -0.1) is 0 Å². The molecule has 0 spiro atoms. The normalized spacial score (nSPS) is 26.8. The van der Waals surface area contributed by atoms with Gasteiger partial charge in [0.15, 0.2) is 0 Å². The SMILES string of the molecule is Clc1cccc(C=C2CCCCC2P(C2CCCCC2)C2CCCCC2)c1Cl. The molecule has 0 bridgehead atoms. The van der Waals surface area contributed by atoms with E-state index in [9.17, 15) is 0 Å². The Morgan fingerprint density at radius 3 is 2.00 bits per heavy atom. The first-order valence-electron chi connectivity index (χ1n) is 11.7. The largest absolute Gasteiger partial charge is 0.0930 e. The molecule has 0 radical (unpaired) electrons. The Labute approximate surface area is 183 Å². The van der Waals surface area contributed by atoms with E-state index >= 15 is 0 Å². The van der Waals surface area contributed by atoms with E-state index in [-0.39, 0.29) is 7.92 Å². The Morgan fingerprint density at radius 1 is 0.750 bits per heavy atom. The lowest BCUT2D eigenvalue weighted by Crippen LogP contribution is -2.29. The van der Waals surface area contributed by atoms with E-state index in [1.54, 1.807) is 5.57 Å². The molecule has 0 saturated heterocycles. The zero-order chi connectivity index (χ0) is 19.3. The first kappa shape index (κ1) is 21.2. The van der Waals surface area contributed by atoms with Crippen molar-refractivity contribution in [3.05, 3.63) is 39.4 Å². The molecule has 0 aromatic heterocycles. The van der Waals surface area contributed by atoms with Crippen LogP contribution in [0.1, 0.15) is 95.5 Å². The molecule has 3 heteroatoms. The van der Waals surface area contributed by atoms with Gasteiger partial charge in [-0.2, -0.15) is 0 Å². The lowest BCUT2D eigenvalue weighted by Gasteiger charge is -2.45. The maximum Gasteiger partial charge on any atom is 0.0664 e. The van der Waals surface area contributed by atoms with Crippen molar-refractivity contribution in [1.29, 1.82) is 0 Å². The van der Waals surface area contributed by atoms with Gasteiger partial charge < -0.3 is 0 Å². The highest BCUT2D eigenvalue weighted by molar-refractivity contribution is 7.60. The number of allylic oxidation sites excluding steroid dienone is 1. The van der Waals surface area contributed by atoms with Crippen LogP contribution in [0.4, 0.5) is 0 Å². The summed E-state index contributed by atoms with van der Waals surface area (Å²) >= 11 is 12.9. The highest BCUT2D eigenvalue weighted by atomic mass is 35.5. The Hall–Kier alpha value is -0.0300. The van der Waals surface area contributed by atoms with Gasteiger partial charge in [0.1, 0.15) is 0 Å². The van der Waals surface area contributed by atoms with E-state index in [1.807, 2.05) is 12.1 Å². The van der Waals surface area contributed by atoms with Gasteiger partial charge in [-0.1, -0.05) is 99.9 Å². The molecule has 3 aliphatic carbocycles. The van der Waals surface area contributed by atoms with E-state index in [1.165, 1.54) is 89.9 Å². The van der Waals surface area contributed by atoms with Gasteiger partial charge >= 0.3 is 0 Å². The monoisotopic (exact) mass is 436 g/mol. The molecule has 4 rings (SSSR count). The molecule has 1 atom stereocenters. The summed E-state index contributed by atoms with van der Waals surface area (Å²) in [5.74, 6) is 0. The second-order valence-electron chi connectivity index (χ2n) is 9.15. The fourth-order valence-electron chi connectivity index (χ4n) is 5.92. The van der Waals surface area contributed by atoms with E-state index in [4.69, 9.17) is 23.2 Å². The minimum atomic E-state index is 0.0877. The minimum absolute atomic E-state index is 0.0877. The molecule has 0 heterocycles. The number of benzene rings is 1. The number of halogens is 2. The Bertz CT molecular complexity index is 653. The third-order valence-corrected chi connectivity index (χ3v) is 12.2. The van der Waals surface area contributed by atoms with E-state index in [0.717, 1.165) is 27.6 Å². The Morgan fingerprint density at radius 2 is 1.36 bits per heavy atom. The smallest absolute Gasteiger partial charge is 0.0664 e. The molecular formula is C25H35Cl2P. The first-order chi connectivity index (χ1) is 13.7. The molecule has 28 heavy (non-hydrogen) atoms. The average Bonchev–Trinajstić information content (AvgIpc) is 2.74. The average molecular weight is 437 g/mol. The quantitative estimate of drug-likeness (QED) is 0.412. The summed E-state index contributed by atoms with van der Waals surface area (Å²) < 4.78 is 0. The van der Waals surface area contributed by atoms with Gasteiger partial charge in [-0.3, -0.25) is 0 Å². The van der Waals surface area contributed by atoms with Crippen LogP contribution in [-0.4, -0.2) is 17.0 Å². The van der Waals surface area contributed by atoms with Crippen molar-refractivity contribution >= 4 is 37.2 Å². The fourth-order valence-corrected chi connectivity index (χ4v) is 10.9. The summed E-state index contributed by atoms with van der Waals surface area (Å²) in [6, 6.07) is 6.10. The molecular weight excluding hydrogens is 402 g/mol. The third-order valence-electron chi connectivity index (χ3n) is 7.30. The topological polar surface area (TPSA) is 0 Å². The van der Waals surface area contributed by atoms with Gasteiger partial charge in [0, 0.05) is 5.66 Å². The van der Waals surface area contributed by atoms with E-state index in [0.29, 0.717) is 5.02 Å². The highest BCUT2D eigenvalue weighted by Crippen LogP contribution is 2.63. The van der Waals surface area contributed by atoms with Crippen molar-refractivity contribution in [2.45, 2.75) is 107 Å². The lowest BCUT2D eigenvalue weighted by molar-refractivity contribution is 0.477. The van der Waals surface area contributed by atoms with Crippen molar-refractivity contribution in [2.24, 2.45) is 0 Å². The van der Waals surface area contributed by atoms with Crippen LogP contribution in [0.2, 0.25) is 10.0 Å². The molecule has 3 fully saturated rings. The van der Waals surface area contributed by atoms with Crippen molar-refractivity contribution < 1.29 is 0 Å². The standard InChI is InChI=1S/C25H35Cl2P/c26-23-16-9-11-20(25(23)27)18-19-10-7-8-17-24(19)28(21-12-3-1-4-13-21)22-14-5-2-6-15-22/h9,11,16,18,21-22,24H,1-8,10,12-15,17H2. The van der Waals surface area contributed by atoms with Crippen molar-refractivity contribution in [1.82, 2.24) is 0 Å². The van der Waals surface area contributed by atoms with Crippen LogP contribution >= 0.6 is 31.1 Å². The predicted octanol–water partition coefficient (Wildman–Crippen LogP) is 9.47. The van der Waals surface area contributed by atoms with Crippen LogP contribution in [0.3, 0.4) is 0 Å². The number of rotatable bonds is 4. The molecule has 1 unspecified atom stereocenters. The molecule has 1 aromatic rings.